The summed E-state index contributed by atoms with van der Waals surface area (Å²) in [4.78, 5) is 2.76. The van der Waals surface area contributed by atoms with Crippen LogP contribution in [-0.2, 0) is 13.0 Å². The largest absolute Gasteiger partial charge is 0.265 e. The number of rotatable bonds is 6. The number of aromatic nitrogens is 2. The first kappa shape index (κ1) is 14.2. The molecule has 1 aromatic heterocycles. The molecule has 2 aromatic rings. The molecule has 0 aliphatic rings. The minimum absolute atomic E-state index is 0.473. The van der Waals surface area contributed by atoms with Gasteiger partial charge in [-0.1, -0.05) is 43.2 Å². The Balaban J connectivity index is 2.03. The van der Waals surface area contributed by atoms with E-state index in [0.717, 1.165) is 13.0 Å². The summed E-state index contributed by atoms with van der Waals surface area (Å²) in [5, 5.41) is 7.93. The molecular formula is C15H19N5. The molecule has 0 aliphatic heterocycles. The number of azide groups is 1. The van der Waals surface area contributed by atoms with Crippen molar-refractivity contribution >= 4 is 0 Å². The molecule has 0 saturated carbocycles. The molecule has 0 aliphatic carbocycles. The summed E-state index contributed by atoms with van der Waals surface area (Å²) in [6.07, 6.45) is 2.63. The molecule has 1 aromatic carbocycles. The summed E-state index contributed by atoms with van der Waals surface area (Å²) >= 11 is 0. The van der Waals surface area contributed by atoms with Crippen molar-refractivity contribution in [3.05, 3.63) is 63.8 Å². The molecule has 0 fully saturated rings. The third-order valence-electron chi connectivity index (χ3n) is 3.26. The summed E-state index contributed by atoms with van der Waals surface area (Å²) < 4.78 is 2.04. The molecule has 104 valence electrons. The molecular weight excluding hydrogens is 250 g/mol. The van der Waals surface area contributed by atoms with Gasteiger partial charge in [0.1, 0.15) is 0 Å². The molecule has 1 heterocycles. The van der Waals surface area contributed by atoms with Gasteiger partial charge in [-0.3, -0.25) is 4.68 Å². The van der Waals surface area contributed by atoms with Gasteiger partial charge >= 0.3 is 0 Å². The lowest BCUT2D eigenvalue weighted by Gasteiger charge is -2.10. The van der Waals surface area contributed by atoms with Crippen LogP contribution in [0, 0.1) is 0 Å². The molecule has 0 saturated heterocycles. The molecule has 5 nitrogen and oxygen atoms in total. The van der Waals surface area contributed by atoms with Crippen molar-refractivity contribution in [2.45, 2.75) is 32.7 Å². The van der Waals surface area contributed by atoms with E-state index in [2.05, 4.69) is 59.3 Å². The normalized spacial score (nSPS) is 10.6. The first-order chi connectivity index (χ1) is 9.70. The Bertz CT molecular complexity index is 591. The maximum atomic E-state index is 8.25. The Kier molecular flexibility index (Phi) is 4.80. The van der Waals surface area contributed by atoms with Crippen LogP contribution in [0.5, 0.6) is 0 Å². The molecule has 0 radical (unpaired) electrons. The second-order valence-electron chi connectivity index (χ2n) is 5.09. The Labute approximate surface area is 118 Å². The lowest BCUT2D eigenvalue weighted by molar-refractivity contribution is 0.617. The number of hydrogen-bond donors (Lipinski definition) is 0. The monoisotopic (exact) mass is 269 g/mol. The van der Waals surface area contributed by atoms with Gasteiger partial charge in [-0.25, -0.2) is 0 Å². The SMILES string of the molecule is CC(C)c1ccnn1Cc1ccc(CCN=[N+]=[N-])cc1. The smallest absolute Gasteiger partial charge is 0.0662 e. The Morgan fingerprint density at radius 3 is 2.55 bits per heavy atom. The van der Waals surface area contributed by atoms with Crippen molar-refractivity contribution < 1.29 is 0 Å². The van der Waals surface area contributed by atoms with E-state index in [1.807, 2.05) is 10.9 Å². The van der Waals surface area contributed by atoms with Gasteiger partial charge in [0.15, 0.2) is 0 Å². The van der Waals surface area contributed by atoms with Gasteiger partial charge in [0.2, 0.25) is 0 Å². The third kappa shape index (κ3) is 3.62. The molecule has 0 spiro atoms. The highest BCUT2D eigenvalue weighted by atomic mass is 15.3. The van der Waals surface area contributed by atoms with E-state index >= 15 is 0 Å². The van der Waals surface area contributed by atoms with E-state index in [0.29, 0.717) is 12.5 Å². The Morgan fingerprint density at radius 1 is 1.20 bits per heavy atom. The lowest BCUT2D eigenvalue weighted by Crippen LogP contribution is -2.07. The Hall–Kier alpha value is -2.26. The van der Waals surface area contributed by atoms with Crippen molar-refractivity contribution in [3.8, 4) is 0 Å². The lowest BCUT2D eigenvalue weighted by atomic mass is 10.1. The maximum Gasteiger partial charge on any atom is 0.0662 e. The number of benzene rings is 1. The summed E-state index contributed by atoms with van der Waals surface area (Å²) in [5.41, 5.74) is 11.9. The van der Waals surface area contributed by atoms with E-state index < -0.39 is 0 Å². The van der Waals surface area contributed by atoms with Crippen LogP contribution in [0.1, 0.15) is 36.6 Å². The van der Waals surface area contributed by atoms with E-state index in [-0.39, 0.29) is 0 Å². The number of nitrogens with zero attached hydrogens (tertiary/aromatic N) is 5. The second-order valence-corrected chi connectivity index (χ2v) is 5.09. The fourth-order valence-electron chi connectivity index (χ4n) is 2.17. The summed E-state index contributed by atoms with van der Waals surface area (Å²) in [6.45, 7) is 5.64. The average Bonchev–Trinajstić information content (AvgIpc) is 2.89. The summed E-state index contributed by atoms with van der Waals surface area (Å²) in [6, 6.07) is 10.5. The van der Waals surface area contributed by atoms with Gasteiger partial charge in [0, 0.05) is 23.3 Å². The van der Waals surface area contributed by atoms with Crippen LogP contribution in [-0.4, -0.2) is 16.3 Å². The molecule has 20 heavy (non-hydrogen) atoms. The minimum atomic E-state index is 0.473. The van der Waals surface area contributed by atoms with Crippen LogP contribution in [0.2, 0.25) is 0 Å². The van der Waals surface area contributed by atoms with Crippen molar-refractivity contribution in [1.29, 1.82) is 0 Å². The molecule has 0 atom stereocenters. The van der Waals surface area contributed by atoms with Gasteiger partial charge in [-0.15, -0.1) is 0 Å². The zero-order valence-corrected chi connectivity index (χ0v) is 11.9. The number of hydrogen-bond acceptors (Lipinski definition) is 2. The standard InChI is InChI=1S/C15H19N5/c1-12(2)15-8-10-18-20(15)11-14-5-3-13(4-6-14)7-9-17-19-16/h3-6,8,10,12H,7,9,11H2,1-2H3. The average molecular weight is 269 g/mol. The summed E-state index contributed by atoms with van der Waals surface area (Å²) in [7, 11) is 0. The zero-order valence-electron chi connectivity index (χ0n) is 11.9. The predicted octanol–water partition coefficient (Wildman–Crippen LogP) is 3.91. The second kappa shape index (κ2) is 6.78. The minimum Gasteiger partial charge on any atom is -0.265 e. The van der Waals surface area contributed by atoms with Crippen LogP contribution in [0.3, 0.4) is 0 Å². The van der Waals surface area contributed by atoms with Crippen molar-refractivity contribution in [2.24, 2.45) is 5.11 Å². The molecule has 0 unspecified atom stereocenters. The van der Waals surface area contributed by atoms with Crippen LogP contribution < -0.4 is 0 Å². The van der Waals surface area contributed by atoms with Crippen LogP contribution in [0.4, 0.5) is 0 Å². The van der Waals surface area contributed by atoms with E-state index in [1.54, 1.807) is 0 Å². The van der Waals surface area contributed by atoms with Crippen LogP contribution in [0.25, 0.3) is 10.4 Å². The Morgan fingerprint density at radius 2 is 1.90 bits per heavy atom. The molecule has 2 rings (SSSR count). The fraction of sp³-hybridized carbons (Fsp3) is 0.400. The third-order valence-corrected chi connectivity index (χ3v) is 3.26. The highest BCUT2D eigenvalue weighted by Gasteiger charge is 2.06. The van der Waals surface area contributed by atoms with Crippen LogP contribution in [0.15, 0.2) is 41.6 Å². The molecule has 0 bridgehead atoms. The maximum absolute atomic E-state index is 8.25. The van der Waals surface area contributed by atoms with E-state index in [4.69, 9.17) is 5.53 Å². The fourth-order valence-corrected chi connectivity index (χ4v) is 2.17. The molecule has 0 amide bonds. The van der Waals surface area contributed by atoms with Crippen LogP contribution >= 0.6 is 0 Å². The first-order valence-corrected chi connectivity index (χ1v) is 6.81. The molecule has 0 N–H and O–H groups in total. The van der Waals surface area contributed by atoms with Gasteiger partial charge in [0.05, 0.1) is 6.54 Å². The topological polar surface area (TPSA) is 66.6 Å². The van der Waals surface area contributed by atoms with Gasteiger partial charge in [-0.05, 0) is 35.1 Å². The quantitative estimate of drug-likeness (QED) is 0.445. The van der Waals surface area contributed by atoms with Crippen molar-refractivity contribution in [1.82, 2.24) is 9.78 Å². The molecule has 5 heteroatoms. The van der Waals surface area contributed by atoms with Gasteiger partial charge < -0.3 is 0 Å². The van der Waals surface area contributed by atoms with Gasteiger partial charge in [0.25, 0.3) is 0 Å². The summed E-state index contributed by atoms with van der Waals surface area (Å²) in [5.74, 6) is 0.473. The highest BCUT2D eigenvalue weighted by Crippen LogP contribution is 2.15. The van der Waals surface area contributed by atoms with Crippen molar-refractivity contribution in [2.75, 3.05) is 6.54 Å². The van der Waals surface area contributed by atoms with E-state index in [9.17, 15) is 0 Å². The van der Waals surface area contributed by atoms with Crippen molar-refractivity contribution in [3.63, 3.8) is 0 Å². The predicted molar refractivity (Wildman–Crippen MR) is 79.6 cm³/mol. The zero-order chi connectivity index (χ0) is 14.4. The highest BCUT2D eigenvalue weighted by molar-refractivity contribution is 5.23. The first-order valence-electron chi connectivity index (χ1n) is 6.81. The van der Waals surface area contributed by atoms with E-state index in [1.165, 1.54) is 16.8 Å². The van der Waals surface area contributed by atoms with Gasteiger partial charge in [-0.2, -0.15) is 5.10 Å².